The van der Waals surface area contributed by atoms with Crippen molar-refractivity contribution < 1.29 is 9.90 Å². The summed E-state index contributed by atoms with van der Waals surface area (Å²) in [6.45, 7) is 4.95. The standard InChI is InChI=1S/C19H23N3O2/c1-15(13-16-5-3-2-4-6-16)19(24)22-11-9-21(10-12-22)18-8-7-17(23)14-20-18/h2-8,14-15,23H,9-13H2,1H3. The van der Waals surface area contributed by atoms with E-state index in [2.05, 4.69) is 22.0 Å². The van der Waals surface area contributed by atoms with Crippen LogP contribution in [0.4, 0.5) is 5.82 Å². The highest BCUT2D eigenvalue weighted by atomic mass is 16.3. The number of carbonyl (C=O) groups excluding carboxylic acids is 1. The maximum absolute atomic E-state index is 12.6. The average Bonchev–Trinajstić information content (AvgIpc) is 2.63. The lowest BCUT2D eigenvalue weighted by Gasteiger charge is -2.36. The van der Waals surface area contributed by atoms with Crippen LogP contribution in [0.2, 0.25) is 0 Å². The van der Waals surface area contributed by atoms with E-state index < -0.39 is 0 Å². The fourth-order valence-electron chi connectivity index (χ4n) is 3.09. The molecule has 2 heterocycles. The first-order chi connectivity index (χ1) is 11.6. The Hall–Kier alpha value is -2.56. The minimum atomic E-state index is -0.00857. The predicted molar refractivity (Wildman–Crippen MR) is 94.0 cm³/mol. The van der Waals surface area contributed by atoms with E-state index in [0.717, 1.165) is 25.3 Å². The molecule has 1 unspecified atom stereocenters. The van der Waals surface area contributed by atoms with Crippen LogP contribution in [0.3, 0.4) is 0 Å². The molecule has 0 radical (unpaired) electrons. The molecule has 0 spiro atoms. The van der Waals surface area contributed by atoms with Crippen LogP contribution in [-0.4, -0.2) is 47.1 Å². The molecular formula is C19H23N3O2. The number of pyridine rings is 1. The molecule has 1 saturated heterocycles. The number of nitrogens with zero attached hydrogens (tertiary/aromatic N) is 3. The van der Waals surface area contributed by atoms with E-state index in [-0.39, 0.29) is 17.6 Å². The second-order valence-electron chi connectivity index (χ2n) is 6.28. The fourth-order valence-corrected chi connectivity index (χ4v) is 3.09. The van der Waals surface area contributed by atoms with E-state index >= 15 is 0 Å². The highest BCUT2D eigenvalue weighted by Gasteiger charge is 2.25. The van der Waals surface area contributed by atoms with Gasteiger partial charge in [-0.2, -0.15) is 0 Å². The van der Waals surface area contributed by atoms with E-state index in [1.807, 2.05) is 36.1 Å². The Bertz CT molecular complexity index is 665. The van der Waals surface area contributed by atoms with E-state index in [9.17, 15) is 9.90 Å². The number of hydrogen-bond donors (Lipinski definition) is 1. The second-order valence-corrected chi connectivity index (χ2v) is 6.28. The molecule has 1 fully saturated rings. The maximum Gasteiger partial charge on any atom is 0.225 e. The van der Waals surface area contributed by atoms with Crippen molar-refractivity contribution in [1.82, 2.24) is 9.88 Å². The third-order valence-electron chi connectivity index (χ3n) is 4.45. The van der Waals surface area contributed by atoms with Gasteiger partial charge in [0.1, 0.15) is 11.6 Å². The molecule has 0 aliphatic carbocycles. The predicted octanol–water partition coefficient (Wildman–Crippen LogP) is 2.31. The number of rotatable bonds is 4. The molecule has 1 N–H and O–H groups in total. The van der Waals surface area contributed by atoms with Crippen molar-refractivity contribution in [3.05, 3.63) is 54.2 Å². The molecule has 1 amide bonds. The molecule has 3 rings (SSSR count). The zero-order chi connectivity index (χ0) is 16.9. The SMILES string of the molecule is CC(Cc1ccccc1)C(=O)N1CCN(c2ccc(O)cn2)CC1. The summed E-state index contributed by atoms with van der Waals surface area (Å²) >= 11 is 0. The van der Waals surface area contributed by atoms with Gasteiger partial charge in [-0.25, -0.2) is 4.98 Å². The molecule has 126 valence electrons. The van der Waals surface area contributed by atoms with Gasteiger partial charge in [-0.15, -0.1) is 0 Å². The number of carbonyl (C=O) groups is 1. The van der Waals surface area contributed by atoms with Crippen molar-refractivity contribution in [2.24, 2.45) is 5.92 Å². The zero-order valence-electron chi connectivity index (χ0n) is 13.9. The molecule has 2 aromatic rings. The first-order valence-electron chi connectivity index (χ1n) is 8.36. The van der Waals surface area contributed by atoms with Crippen LogP contribution < -0.4 is 4.90 Å². The topological polar surface area (TPSA) is 56.7 Å². The molecule has 0 saturated carbocycles. The number of piperazine rings is 1. The number of aromatic hydroxyl groups is 1. The molecule has 5 nitrogen and oxygen atoms in total. The van der Waals surface area contributed by atoms with Crippen LogP contribution in [0.5, 0.6) is 5.75 Å². The number of anilines is 1. The molecule has 1 aliphatic heterocycles. The van der Waals surface area contributed by atoms with Crippen LogP contribution in [-0.2, 0) is 11.2 Å². The molecule has 24 heavy (non-hydrogen) atoms. The minimum absolute atomic E-state index is 0.00857. The van der Waals surface area contributed by atoms with Crippen molar-refractivity contribution in [3.63, 3.8) is 0 Å². The molecule has 1 aliphatic rings. The van der Waals surface area contributed by atoms with E-state index in [1.54, 1.807) is 6.07 Å². The van der Waals surface area contributed by atoms with Crippen LogP contribution >= 0.6 is 0 Å². The van der Waals surface area contributed by atoms with Crippen LogP contribution in [0.15, 0.2) is 48.7 Å². The summed E-state index contributed by atoms with van der Waals surface area (Å²) in [7, 11) is 0. The van der Waals surface area contributed by atoms with Crippen LogP contribution in [0, 0.1) is 5.92 Å². The lowest BCUT2D eigenvalue weighted by Crippen LogP contribution is -2.50. The van der Waals surface area contributed by atoms with Gasteiger partial charge < -0.3 is 14.9 Å². The monoisotopic (exact) mass is 325 g/mol. The highest BCUT2D eigenvalue weighted by Crippen LogP contribution is 2.18. The van der Waals surface area contributed by atoms with Gasteiger partial charge in [0, 0.05) is 32.1 Å². The molecule has 0 bridgehead atoms. The van der Waals surface area contributed by atoms with Gasteiger partial charge >= 0.3 is 0 Å². The van der Waals surface area contributed by atoms with Crippen molar-refractivity contribution in [2.45, 2.75) is 13.3 Å². The van der Waals surface area contributed by atoms with E-state index in [0.29, 0.717) is 13.1 Å². The summed E-state index contributed by atoms with van der Waals surface area (Å²) < 4.78 is 0. The smallest absolute Gasteiger partial charge is 0.225 e. The molecule has 5 heteroatoms. The Labute approximate surface area is 142 Å². The Morgan fingerprint density at radius 1 is 1.12 bits per heavy atom. The Kier molecular flexibility index (Phi) is 4.99. The van der Waals surface area contributed by atoms with Gasteiger partial charge in [0.2, 0.25) is 5.91 Å². The normalized spacial score (nSPS) is 16.0. The van der Waals surface area contributed by atoms with Gasteiger partial charge in [-0.1, -0.05) is 37.3 Å². The summed E-state index contributed by atoms with van der Waals surface area (Å²) in [5, 5.41) is 9.32. The second kappa shape index (κ2) is 7.34. The van der Waals surface area contributed by atoms with Gasteiger partial charge in [-0.05, 0) is 24.1 Å². The van der Waals surface area contributed by atoms with Crippen molar-refractivity contribution >= 4 is 11.7 Å². The Morgan fingerprint density at radius 2 is 1.83 bits per heavy atom. The van der Waals surface area contributed by atoms with Crippen LogP contribution in [0.1, 0.15) is 12.5 Å². The van der Waals surface area contributed by atoms with Gasteiger partial charge in [0.25, 0.3) is 0 Å². The molecule has 1 atom stereocenters. The number of benzene rings is 1. The Morgan fingerprint density at radius 3 is 2.46 bits per heavy atom. The first kappa shape index (κ1) is 16.3. The summed E-state index contributed by atoms with van der Waals surface area (Å²) in [6, 6.07) is 13.6. The zero-order valence-corrected chi connectivity index (χ0v) is 13.9. The first-order valence-corrected chi connectivity index (χ1v) is 8.36. The van der Waals surface area contributed by atoms with E-state index in [4.69, 9.17) is 0 Å². The fraction of sp³-hybridized carbons (Fsp3) is 0.368. The molecule has 1 aromatic carbocycles. The minimum Gasteiger partial charge on any atom is -0.506 e. The van der Waals surface area contributed by atoms with Crippen molar-refractivity contribution in [1.29, 1.82) is 0 Å². The lowest BCUT2D eigenvalue weighted by molar-refractivity contribution is -0.135. The van der Waals surface area contributed by atoms with E-state index in [1.165, 1.54) is 11.8 Å². The quantitative estimate of drug-likeness (QED) is 0.937. The summed E-state index contributed by atoms with van der Waals surface area (Å²) in [5.41, 5.74) is 1.20. The largest absolute Gasteiger partial charge is 0.506 e. The maximum atomic E-state index is 12.6. The molecule has 1 aromatic heterocycles. The van der Waals surface area contributed by atoms with Gasteiger partial charge in [0.05, 0.1) is 6.20 Å². The number of aromatic nitrogens is 1. The summed E-state index contributed by atoms with van der Waals surface area (Å²) in [5.74, 6) is 1.22. The highest BCUT2D eigenvalue weighted by molar-refractivity contribution is 5.79. The lowest BCUT2D eigenvalue weighted by atomic mass is 9.99. The summed E-state index contributed by atoms with van der Waals surface area (Å²) in [6.07, 6.45) is 2.23. The van der Waals surface area contributed by atoms with Gasteiger partial charge in [0.15, 0.2) is 0 Å². The summed E-state index contributed by atoms with van der Waals surface area (Å²) in [4.78, 5) is 21.0. The third-order valence-corrected chi connectivity index (χ3v) is 4.45. The number of hydrogen-bond acceptors (Lipinski definition) is 4. The average molecular weight is 325 g/mol. The van der Waals surface area contributed by atoms with Crippen molar-refractivity contribution in [2.75, 3.05) is 31.1 Å². The number of amides is 1. The van der Waals surface area contributed by atoms with Crippen molar-refractivity contribution in [3.8, 4) is 5.75 Å². The van der Waals surface area contributed by atoms with Crippen LogP contribution in [0.25, 0.3) is 0 Å². The Balaban J connectivity index is 1.54. The molecular weight excluding hydrogens is 302 g/mol. The third kappa shape index (κ3) is 3.85. The van der Waals surface area contributed by atoms with Gasteiger partial charge in [-0.3, -0.25) is 4.79 Å².